The van der Waals surface area contributed by atoms with Crippen molar-refractivity contribution in [1.29, 1.82) is 0 Å². The third-order valence-electron chi connectivity index (χ3n) is 3.07. The van der Waals surface area contributed by atoms with E-state index in [9.17, 15) is 4.79 Å². The number of nitrogens with one attached hydrogen (secondary N) is 1. The Balaban J connectivity index is 1.92. The highest BCUT2D eigenvalue weighted by molar-refractivity contribution is 5.69. The lowest BCUT2D eigenvalue weighted by atomic mass is 10.0. The van der Waals surface area contributed by atoms with Crippen LogP contribution in [0.2, 0.25) is 0 Å². The van der Waals surface area contributed by atoms with Crippen LogP contribution in [-0.4, -0.2) is 24.8 Å². The Kier molecular flexibility index (Phi) is 4.58. The topological polar surface area (TPSA) is 50.9 Å². The highest BCUT2D eigenvalue weighted by Crippen LogP contribution is 2.18. The van der Waals surface area contributed by atoms with Gasteiger partial charge < -0.3 is 14.8 Å². The van der Waals surface area contributed by atoms with E-state index in [2.05, 4.69) is 5.32 Å². The molecule has 1 fully saturated rings. The van der Waals surface area contributed by atoms with E-state index >= 15 is 0 Å². The average Bonchev–Trinajstić information content (AvgIpc) is 3.23. The second-order valence-electron chi connectivity index (χ2n) is 4.60. The molecule has 1 aromatic rings. The van der Waals surface area contributed by atoms with E-state index in [0.717, 1.165) is 6.42 Å². The zero-order valence-corrected chi connectivity index (χ0v) is 11.3. The van der Waals surface area contributed by atoms with Crippen LogP contribution in [0.3, 0.4) is 0 Å². The molecule has 102 valence electrons. The number of carbonyl (C=O) groups excluding carboxylic acids is 1. The molecular weight excluding hydrogens is 242 g/mol. The number of allylic oxidation sites excluding steroid dienone is 2. The third-order valence-corrected chi connectivity index (χ3v) is 3.07. The molecule has 0 radical (unpaired) electrons. The molecule has 0 aliphatic carbocycles. The number of alkyl carbamates (subject to hydrolysis) is 1. The number of rotatable bonds is 5. The summed E-state index contributed by atoms with van der Waals surface area (Å²) in [4.78, 5) is 11.7. The van der Waals surface area contributed by atoms with Gasteiger partial charge in [0.05, 0.1) is 12.6 Å². The lowest BCUT2D eigenvalue weighted by Crippen LogP contribution is -2.40. The highest BCUT2D eigenvalue weighted by atomic mass is 16.6. The number of carbonyl (C=O) groups is 1. The van der Waals surface area contributed by atoms with Gasteiger partial charge in [-0.3, -0.25) is 0 Å². The zero-order valence-electron chi connectivity index (χ0n) is 11.3. The fraction of sp³-hybridized carbons (Fsp3) is 0.400. The van der Waals surface area contributed by atoms with Crippen molar-refractivity contribution in [1.82, 2.24) is 5.32 Å². The second-order valence-corrected chi connectivity index (χ2v) is 4.60. The van der Waals surface area contributed by atoms with E-state index in [4.69, 9.17) is 9.47 Å². The normalized spacial score (nSPS) is 19.7. The van der Waals surface area contributed by atoms with E-state index in [0.29, 0.717) is 12.4 Å². The van der Waals surface area contributed by atoms with Gasteiger partial charge in [-0.05, 0) is 31.9 Å². The first-order valence-corrected chi connectivity index (χ1v) is 6.46. The minimum atomic E-state index is -0.424. The Bertz CT molecular complexity index is 452. The third kappa shape index (κ3) is 4.41. The first-order chi connectivity index (χ1) is 9.19. The fourth-order valence-corrected chi connectivity index (χ4v) is 1.82. The number of epoxide rings is 1. The molecule has 0 saturated carbocycles. The number of hydrogen-bond acceptors (Lipinski definition) is 3. The predicted octanol–water partition coefficient (Wildman–Crippen LogP) is 2.65. The summed E-state index contributed by atoms with van der Waals surface area (Å²) in [7, 11) is 0. The van der Waals surface area contributed by atoms with Crippen LogP contribution in [0.5, 0.6) is 0 Å². The Hall–Kier alpha value is -1.81. The van der Waals surface area contributed by atoms with Crippen molar-refractivity contribution in [3.63, 3.8) is 0 Å². The molecule has 1 amide bonds. The van der Waals surface area contributed by atoms with Crippen LogP contribution in [0.15, 0.2) is 42.2 Å². The van der Waals surface area contributed by atoms with E-state index < -0.39 is 6.09 Å². The van der Waals surface area contributed by atoms with Crippen molar-refractivity contribution in [3.05, 3.63) is 47.7 Å². The Morgan fingerprint density at radius 2 is 2.21 bits per heavy atom. The number of amides is 1. The molecule has 1 N–H and O–H groups in total. The first-order valence-electron chi connectivity index (χ1n) is 6.46. The van der Waals surface area contributed by atoms with E-state index in [1.807, 2.05) is 37.3 Å². The monoisotopic (exact) mass is 261 g/mol. The molecule has 2 rings (SSSR count). The van der Waals surface area contributed by atoms with Crippen LogP contribution >= 0.6 is 0 Å². The molecule has 2 atom stereocenters. The lowest BCUT2D eigenvalue weighted by molar-refractivity contribution is 0.168. The molecule has 0 spiro atoms. The summed E-state index contributed by atoms with van der Waals surface area (Å²) >= 11 is 0. The Morgan fingerprint density at radius 1 is 1.53 bits per heavy atom. The quantitative estimate of drug-likeness (QED) is 0.655. The molecule has 1 heterocycles. The zero-order chi connectivity index (χ0) is 13.7. The molecule has 0 bridgehead atoms. The first kappa shape index (κ1) is 13.6. The van der Waals surface area contributed by atoms with Gasteiger partial charge in [0.15, 0.2) is 0 Å². The molecule has 1 aliphatic rings. The number of ether oxygens (including phenoxy) is 2. The van der Waals surface area contributed by atoms with Crippen LogP contribution in [0.25, 0.3) is 0 Å². The number of hydrogen-bond donors (Lipinski definition) is 1. The molecule has 1 saturated heterocycles. The smallest absolute Gasteiger partial charge is 0.412 e. The second kappa shape index (κ2) is 6.38. The van der Waals surface area contributed by atoms with Crippen molar-refractivity contribution in [2.75, 3.05) is 6.61 Å². The van der Waals surface area contributed by atoms with Gasteiger partial charge in [-0.1, -0.05) is 30.3 Å². The van der Waals surface area contributed by atoms with Gasteiger partial charge in [-0.15, -0.1) is 0 Å². The minimum absolute atomic E-state index is 0.0421. The summed E-state index contributed by atoms with van der Waals surface area (Å²) in [5, 5.41) is 2.87. The summed E-state index contributed by atoms with van der Waals surface area (Å²) in [6.07, 6.45) is 2.17. The molecule has 1 aromatic carbocycles. The van der Waals surface area contributed by atoms with Crippen molar-refractivity contribution < 1.29 is 14.3 Å². The predicted molar refractivity (Wildman–Crippen MR) is 72.7 cm³/mol. The minimum Gasteiger partial charge on any atom is -0.416 e. The summed E-state index contributed by atoms with van der Waals surface area (Å²) in [5.41, 5.74) is 1.17. The van der Waals surface area contributed by atoms with Gasteiger partial charge >= 0.3 is 6.09 Å². The van der Waals surface area contributed by atoms with E-state index in [1.54, 1.807) is 13.0 Å². The van der Waals surface area contributed by atoms with Gasteiger partial charge in [0.1, 0.15) is 11.9 Å². The standard InChI is InChI=1S/C15H19NO3/c1-3-11(2)19-15(17)16-13(14-10-18-14)9-12-7-5-4-6-8-12/h3-8,13-14H,9-10H2,1-2H3,(H,16,17)/b11-3+/t13-,14-/m0/s1. The van der Waals surface area contributed by atoms with Crippen LogP contribution in [0.4, 0.5) is 4.79 Å². The molecule has 0 aromatic heterocycles. The van der Waals surface area contributed by atoms with Crippen molar-refractivity contribution in [3.8, 4) is 0 Å². The summed E-state index contributed by atoms with van der Waals surface area (Å²) < 4.78 is 10.4. The van der Waals surface area contributed by atoms with Gasteiger partial charge in [-0.25, -0.2) is 4.79 Å². The van der Waals surface area contributed by atoms with Crippen LogP contribution < -0.4 is 5.32 Å². The van der Waals surface area contributed by atoms with Crippen molar-refractivity contribution >= 4 is 6.09 Å². The maximum atomic E-state index is 11.7. The Morgan fingerprint density at radius 3 is 2.79 bits per heavy atom. The largest absolute Gasteiger partial charge is 0.416 e. The summed E-state index contributed by atoms with van der Waals surface area (Å²) in [6, 6.07) is 9.99. The van der Waals surface area contributed by atoms with E-state index in [-0.39, 0.29) is 12.1 Å². The van der Waals surface area contributed by atoms with E-state index in [1.165, 1.54) is 5.56 Å². The highest BCUT2D eigenvalue weighted by Gasteiger charge is 2.34. The SMILES string of the molecule is C/C=C(\C)OC(=O)N[C@@H](Cc1ccccc1)[C@@H]1CO1. The average molecular weight is 261 g/mol. The van der Waals surface area contributed by atoms with Crippen LogP contribution in [0.1, 0.15) is 19.4 Å². The molecule has 1 aliphatic heterocycles. The van der Waals surface area contributed by atoms with Crippen LogP contribution in [-0.2, 0) is 15.9 Å². The molecular formula is C15H19NO3. The molecule has 4 nitrogen and oxygen atoms in total. The molecule has 19 heavy (non-hydrogen) atoms. The molecule has 0 unspecified atom stereocenters. The Labute approximate surface area is 113 Å². The number of benzene rings is 1. The van der Waals surface area contributed by atoms with Gasteiger partial charge in [0, 0.05) is 0 Å². The maximum absolute atomic E-state index is 11.7. The van der Waals surface area contributed by atoms with Gasteiger partial charge in [0.25, 0.3) is 0 Å². The molecule has 4 heteroatoms. The van der Waals surface area contributed by atoms with Gasteiger partial charge in [0.2, 0.25) is 0 Å². The summed E-state index contributed by atoms with van der Waals surface area (Å²) in [5.74, 6) is 0.590. The fourth-order valence-electron chi connectivity index (χ4n) is 1.82. The lowest BCUT2D eigenvalue weighted by Gasteiger charge is -2.16. The van der Waals surface area contributed by atoms with Crippen molar-refractivity contribution in [2.24, 2.45) is 0 Å². The maximum Gasteiger partial charge on any atom is 0.412 e. The van der Waals surface area contributed by atoms with Crippen LogP contribution in [0, 0.1) is 0 Å². The van der Waals surface area contributed by atoms with Gasteiger partial charge in [-0.2, -0.15) is 0 Å². The van der Waals surface area contributed by atoms with Crippen molar-refractivity contribution in [2.45, 2.75) is 32.4 Å². The summed E-state index contributed by atoms with van der Waals surface area (Å²) in [6.45, 7) is 4.27.